The first-order valence-electron chi connectivity index (χ1n) is 5.59. The molecule has 0 aromatic heterocycles. The zero-order valence-corrected chi connectivity index (χ0v) is 8.74. The molecule has 0 amide bonds. The Morgan fingerprint density at radius 3 is 2.86 bits per heavy atom. The molecule has 2 rings (SSSR count). The molecule has 1 aromatic rings. The van der Waals surface area contributed by atoms with Gasteiger partial charge >= 0.3 is 0 Å². The molecule has 1 heteroatoms. The summed E-state index contributed by atoms with van der Waals surface area (Å²) in [6.07, 6.45) is 4.29. The summed E-state index contributed by atoms with van der Waals surface area (Å²) in [6.45, 7) is 2.11. The van der Waals surface area contributed by atoms with Gasteiger partial charge in [-0.15, -0.1) is 0 Å². The van der Waals surface area contributed by atoms with Crippen LogP contribution in [0.3, 0.4) is 0 Å². The van der Waals surface area contributed by atoms with Gasteiger partial charge in [-0.3, -0.25) is 0 Å². The van der Waals surface area contributed by atoms with Crippen molar-refractivity contribution in [2.75, 3.05) is 0 Å². The average molecular weight is 190 g/mol. The Hall–Kier alpha value is -0.820. The summed E-state index contributed by atoms with van der Waals surface area (Å²) >= 11 is 0. The lowest BCUT2D eigenvalue weighted by molar-refractivity contribution is 0.166. The molecule has 1 saturated carbocycles. The predicted molar refractivity (Wildman–Crippen MR) is 58.3 cm³/mol. The lowest BCUT2D eigenvalue weighted by Crippen LogP contribution is -1.97. The third-order valence-electron chi connectivity index (χ3n) is 2.91. The van der Waals surface area contributed by atoms with Crippen molar-refractivity contribution in [2.45, 2.75) is 44.6 Å². The summed E-state index contributed by atoms with van der Waals surface area (Å²) < 4.78 is 0. The Kier molecular flexibility index (Phi) is 2.87. The van der Waals surface area contributed by atoms with Gasteiger partial charge in [0.1, 0.15) is 0 Å². The molecule has 1 aliphatic rings. The van der Waals surface area contributed by atoms with Gasteiger partial charge in [-0.05, 0) is 36.3 Å². The first-order chi connectivity index (χ1) is 6.81. The van der Waals surface area contributed by atoms with E-state index in [0.717, 1.165) is 24.3 Å². The van der Waals surface area contributed by atoms with E-state index < -0.39 is 0 Å². The minimum absolute atomic E-state index is 0.265. The SMILES string of the molecule is CCCC(O)c1cccc(C2CC2)c1. The molecule has 0 heterocycles. The van der Waals surface area contributed by atoms with Crippen LogP contribution < -0.4 is 0 Å². The van der Waals surface area contributed by atoms with Crippen LogP contribution in [0.5, 0.6) is 0 Å². The lowest BCUT2D eigenvalue weighted by Gasteiger charge is -2.10. The molecule has 1 aliphatic carbocycles. The van der Waals surface area contributed by atoms with Crippen LogP contribution in [0.25, 0.3) is 0 Å². The summed E-state index contributed by atoms with van der Waals surface area (Å²) in [5.41, 5.74) is 2.51. The Morgan fingerprint density at radius 1 is 1.43 bits per heavy atom. The zero-order chi connectivity index (χ0) is 9.97. The number of hydrogen-bond acceptors (Lipinski definition) is 1. The normalized spacial score (nSPS) is 18.1. The van der Waals surface area contributed by atoms with E-state index in [9.17, 15) is 5.11 Å². The van der Waals surface area contributed by atoms with Gasteiger partial charge in [0.2, 0.25) is 0 Å². The van der Waals surface area contributed by atoms with Crippen molar-refractivity contribution in [3.8, 4) is 0 Å². The topological polar surface area (TPSA) is 20.2 Å². The molecule has 1 atom stereocenters. The molecular weight excluding hydrogens is 172 g/mol. The van der Waals surface area contributed by atoms with Gasteiger partial charge < -0.3 is 5.11 Å². The van der Waals surface area contributed by atoms with Gasteiger partial charge in [-0.2, -0.15) is 0 Å². The predicted octanol–water partition coefficient (Wildman–Crippen LogP) is 3.40. The van der Waals surface area contributed by atoms with Crippen molar-refractivity contribution in [2.24, 2.45) is 0 Å². The zero-order valence-electron chi connectivity index (χ0n) is 8.74. The van der Waals surface area contributed by atoms with E-state index in [2.05, 4.69) is 25.1 Å². The van der Waals surface area contributed by atoms with E-state index in [4.69, 9.17) is 0 Å². The molecule has 0 aliphatic heterocycles. The van der Waals surface area contributed by atoms with Crippen LogP contribution in [0.1, 0.15) is 55.8 Å². The van der Waals surface area contributed by atoms with Crippen LogP contribution in [0, 0.1) is 0 Å². The quantitative estimate of drug-likeness (QED) is 0.771. The third kappa shape index (κ3) is 2.16. The molecule has 1 nitrogen and oxygen atoms in total. The van der Waals surface area contributed by atoms with Crippen LogP contribution in [-0.4, -0.2) is 5.11 Å². The van der Waals surface area contributed by atoms with Gasteiger partial charge in [-0.25, -0.2) is 0 Å². The maximum absolute atomic E-state index is 9.85. The van der Waals surface area contributed by atoms with Gasteiger partial charge in [0.25, 0.3) is 0 Å². The standard InChI is InChI=1S/C13H18O/c1-2-4-13(14)12-6-3-5-11(9-12)10-7-8-10/h3,5-6,9-10,13-14H,2,4,7-8H2,1H3. The lowest BCUT2D eigenvalue weighted by atomic mass is 10.0. The highest BCUT2D eigenvalue weighted by Gasteiger charge is 2.23. The molecule has 0 bridgehead atoms. The molecule has 1 N–H and O–H groups in total. The maximum atomic E-state index is 9.85. The fourth-order valence-electron chi connectivity index (χ4n) is 1.88. The average Bonchev–Trinajstić information content (AvgIpc) is 3.02. The van der Waals surface area contributed by atoms with Crippen LogP contribution in [0.4, 0.5) is 0 Å². The van der Waals surface area contributed by atoms with Crippen molar-refractivity contribution in [1.82, 2.24) is 0 Å². The fraction of sp³-hybridized carbons (Fsp3) is 0.538. The molecule has 1 aromatic carbocycles. The Bertz CT molecular complexity index is 302. The molecule has 76 valence electrons. The van der Waals surface area contributed by atoms with Gasteiger partial charge in [-0.1, -0.05) is 37.6 Å². The highest BCUT2D eigenvalue weighted by molar-refractivity contribution is 5.30. The fourth-order valence-corrected chi connectivity index (χ4v) is 1.88. The molecule has 1 fully saturated rings. The highest BCUT2D eigenvalue weighted by Crippen LogP contribution is 2.40. The van der Waals surface area contributed by atoms with E-state index >= 15 is 0 Å². The first kappa shape index (κ1) is 9.72. The Morgan fingerprint density at radius 2 is 2.21 bits per heavy atom. The van der Waals surface area contributed by atoms with Crippen molar-refractivity contribution in [3.63, 3.8) is 0 Å². The summed E-state index contributed by atoms with van der Waals surface area (Å²) in [6, 6.07) is 8.46. The van der Waals surface area contributed by atoms with Crippen LogP contribution >= 0.6 is 0 Å². The third-order valence-corrected chi connectivity index (χ3v) is 2.91. The Labute approximate surface area is 85.8 Å². The van der Waals surface area contributed by atoms with Crippen LogP contribution in [-0.2, 0) is 0 Å². The molecule has 0 saturated heterocycles. The summed E-state index contributed by atoms with van der Waals surface area (Å²) in [7, 11) is 0. The number of hydrogen-bond donors (Lipinski definition) is 1. The van der Waals surface area contributed by atoms with Crippen molar-refractivity contribution >= 4 is 0 Å². The van der Waals surface area contributed by atoms with E-state index in [0.29, 0.717) is 0 Å². The van der Waals surface area contributed by atoms with Crippen molar-refractivity contribution < 1.29 is 5.11 Å². The number of aliphatic hydroxyl groups excluding tert-OH is 1. The minimum atomic E-state index is -0.265. The van der Waals surface area contributed by atoms with E-state index in [-0.39, 0.29) is 6.10 Å². The monoisotopic (exact) mass is 190 g/mol. The van der Waals surface area contributed by atoms with Crippen LogP contribution in [0.2, 0.25) is 0 Å². The van der Waals surface area contributed by atoms with E-state index in [1.54, 1.807) is 0 Å². The smallest absolute Gasteiger partial charge is 0.0790 e. The first-order valence-corrected chi connectivity index (χ1v) is 5.59. The minimum Gasteiger partial charge on any atom is -0.388 e. The van der Waals surface area contributed by atoms with Gasteiger partial charge in [0.05, 0.1) is 6.10 Å². The molecule has 1 unspecified atom stereocenters. The maximum Gasteiger partial charge on any atom is 0.0790 e. The summed E-state index contributed by atoms with van der Waals surface area (Å²) in [5.74, 6) is 0.781. The van der Waals surface area contributed by atoms with Crippen molar-refractivity contribution in [3.05, 3.63) is 35.4 Å². The second-order valence-corrected chi connectivity index (χ2v) is 4.25. The Balaban J connectivity index is 2.12. The summed E-state index contributed by atoms with van der Waals surface area (Å²) in [5, 5.41) is 9.85. The summed E-state index contributed by atoms with van der Waals surface area (Å²) in [4.78, 5) is 0. The van der Waals surface area contributed by atoms with Gasteiger partial charge in [0, 0.05) is 0 Å². The molecule has 0 spiro atoms. The largest absolute Gasteiger partial charge is 0.388 e. The number of rotatable bonds is 4. The van der Waals surface area contributed by atoms with Gasteiger partial charge in [0.15, 0.2) is 0 Å². The number of benzene rings is 1. The van der Waals surface area contributed by atoms with E-state index in [1.165, 1.54) is 18.4 Å². The second-order valence-electron chi connectivity index (χ2n) is 4.25. The number of aliphatic hydroxyl groups is 1. The molecule has 0 radical (unpaired) electrons. The highest BCUT2D eigenvalue weighted by atomic mass is 16.3. The van der Waals surface area contributed by atoms with Crippen LogP contribution in [0.15, 0.2) is 24.3 Å². The molecular formula is C13H18O. The second kappa shape index (κ2) is 4.14. The van der Waals surface area contributed by atoms with E-state index in [1.807, 2.05) is 6.07 Å². The molecule has 14 heavy (non-hydrogen) atoms. The van der Waals surface area contributed by atoms with Crippen molar-refractivity contribution in [1.29, 1.82) is 0 Å².